The van der Waals surface area contributed by atoms with Gasteiger partial charge in [0.05, 0.1) is 23.4 Å². The van der Waals surface area contributed by atoms with Crippen molar-refractivity contribution in [3.05, 3.63) is 71.0 Å². The Morgan fingerprint density at radius 2 is 1.75 bits per heavy atom. The molecule has 0 radical (unpaired) electrons. The highest BCUT2D eigenvalue weighted by atomic mass is 32.1. The van der Waals surface area contributed by atoms with Crippen LogP contribution in [0, 0.1) is 0 Å². The molecule has 0 spiro atoms. The summed E-state index contributed by atoms with van der Waals surface area (Å²) in [5.41, 5.74) is 2.32. The minimum absolute atomic E-state index is 0.216. The van der Waals surface area contributed by atoms with Crippen LogP contribution >= 0.6 is 11.3 Å². The first kappa shape index (κ1) is 18.0. The fourth-order valence-electron chi connectivity index (χ4n) is 3.02. The van der Waals surface area contributed by atoms with Crippen molar-refractivity contribution < 1.29 is 14.4 Å². The molecule has 1 atom stereocenters. The summed E-state index contributed by atoms with van der Waals surface area (Å²) in [6.45, 7) is 1.76. The highest BCUT2D eigenvalue weighted by molar-refractivity contribution is 7.13. The smallest absolute Gasteiger partial charge is 0.262 e. The fraction of sp³-hybridized carbons (Fsp3) is 0.150. The zero-order valence-corrected chi connectivity index (χ0v) is 15.8. The molecule has 7 nitrogen and oxygen atoms in total. The number of carbonyl (C=O) groups excluding carboxylic acids is 3. The van der Waals surface area contributed by atoms with Gasteiger partial charge in [-0.05, 0) is 31.2 Å². The number of aromatic nitrogens is 2. The van der Waals surface area contributed by atoms with Gasteiger partial charge in [0.25, 0.3) is 11.8 Å². The summed E-state index contributed by atoms with van der Waals surface area (Å²) in [5.74, 6) is -1.30. The molecule has 1 aromatic carbocycles. The quantitative estimate of drug-likeness (QED) is 0.674. The van der Waals surface area contributed by atoms with Crippen LogP contribution in [0.1, 0.15) is 33.3 Å². The van der Waals surface area contributed by atoms with E-state index < -0.39 is 23.8 Å². The van der Waals surface area contributed by atoms with Gasteiger partial charge in [0.1, 0.15) is 11.0 Å². The van der Waals surface area contributed by atoms with Crippen molar-refractivity contribution in [2.75, 3.05) is 0 Å². The number of thiazole rings is 1. The van der Waals surface area contributed by atoms with Crippen molar-refractivity contribution >= 4 is 29.1 Å². The van der Waals surface area contributed by atoms with Crippen LogP contribution in [0.25, 0.3) is 10.6 Å². The van der Waals surface area contributed by atoms with E-state index in [-0.39, 0.29) is 6.54 Å². The van der Waals surface area contributed by atoms with Gasteiger partial charge in [-0.2, -0.15) is 0 Å². The molecule has 1 N–H and O–H groups in total. The Kier molecular flexibility index (Phi) is 4.70. The molecular formula is C20H16N4O3S. The third-order valence-corrected chi connectivity index (χ3v) is 5.46. The maximum absolute atomic E-state index is 12.5. The lowest BCUT2D eigenvalue weighted by atomic mass is 10.1. The number of benzene rings is 1. The first-order chi connectivity index (χ1) is 13.6. The van der Waals surface area contributed by atoms with E-state index in [1.54, 1.807) is 43.6 Å². The molecule has 0 aliphatic carbocycles. The van der Waals surface area contributed by atoms with Gasteiger partial charge in [0.2, 0.25) is 5.91 Å². The molecular weight excluding hydrogens is 376 g/mol. The molecule has 0 bridgehead atoms. The highest BCUT2D eigenvalue weighted by Gasteiger charge is 2.40. The molecule has 1 unspecified atom stereocenters. The van der Waals surface area contributed by atoms with Crippen molar-refractivity contribution in [3.8, 4) is 10.6 Å². The molecule has 0 saturated carbocycles. The first-order valence-electron chi connectivity index (χ1n) is 8.65. The second-order valence-electron chi connectivity index (χ2n) is 6.30. The van der Waals surface area contributed by atoms with Crippen molar-refractivity contribution in [3.63, 3.8) is 0 Å². The van der Waals surface area contributed by atoms with Crippen LogP contribution in [0.15, 0.2) is 54.2 Å². The molecule has 1 aliphatic heterocycles. The Bertz CT molecular complexity index is 1030. The van der Waals surface area contributed by atoms with Crippen LogP contribution in [0.2, 0.25) is 0 Å². The first-order valence-corrected chi connectivity index (χ1v) is 9.53. The standard InChI is InChI=1S/C20H16N4O3S/c1-12(24-19(26)15-4-2-3-5-16(15)20(24)27)17(25)22-10-14-11-28-18(23-14)13-6-8-21-9-7-13/h2-9,11-12H,10H2,1H3,(H,22,25). The van der Waals surface area contributed by atoms with E-state index in [0.717, 1.165) is 15.5 Å². The summed E-state index contributed by atoms with van der Waals surface area (Å²) < 4.78 is 0. The Morgan fingerprint density at radius 1 is 1.11 bits per heavy atom. The molecule has 2 aromatic heterocycles. The summed E-state index contributed by atoms with van der Waals surface area (Å²) in [7, 11) is 0. The Hall–Kier alpha value is -3.39. The van der Waals surface area contributed by atoms with Gasteiger partial charge in [0, 0.05) is 23.3 Å². The SMILES string of the molecule is CC(C(=O)NCc1csc(-c2ccncc2)n1)N1C(=O)c2ccccc2C1=O. The molecule has 0 saturated heterocycles. The van der Waals surface area contributed by atoms with E-state index in [1.165, 1.54) is 11.3 Å². The Labute approximate surface area is 165 Å². The van der Waals surface area contributed by atoms with Crippen LogP contribution in [0.4, 0.5) is 0 Å². The van der Waals surface area contributed by atoms with Gasteiger partial charge in [-0.25, -0.2) is 4.98 Å². The topological polar surface area (TPSA) is 92.3 Å². The number of pyridine rings is 1. The van der Waals surface area contributed by atoms with Crippen molar-refractivity contribution in [2.45, 2.75) is 19.5 Å². The number of rotatable bonds is 5. The Morgan fingerprint density at radius 3 is 2.39 bits per heavy atom. The molecule has 3 heterocycles. The number of nitrogens with one attached hydrogen (secondary N) is 1. The summed E-state index contributed by atoms with van der Waals surface area (Å²) in [5, 5.41) is 5.45. The second kappa shape index (κ2) is 7.32. The van der Waals surface area contributed by atoms with E-state index in [2.05, 4.69) is 15.3 Å². The largest absolute Gasteiger partial charge is 0.349 e. The monoisotopic (exact) mass is 392 g/mol. The zero-order chi connectivity index (χ0) is 19.7. The van der Waals surface area contributed by atoms with E-state index in [9.17, 15) is 14.4 Å². The lowest BCUT2D eigenvalue weighted by Crippen LogP contribution is -2.47. The van der Waals surface area contributed by atoms with Crippen LogP contribution in [-0.2, 0) is 11.3 Å². The maximum Gasteiger partial charge on any atom is 0.262 e. The summed E-state index contributed by atoms with van der Waals surface area (Å²) in [4.78, 5) is 47.0. The molecule has 1 aliphatic rings. The number of imide groups is 1. The summed E-state index contributed by atoms with van der Waals surface area (Å²) in [6.07, 6.45) is 3.39. The van der Waals surface area contributed by atoms with Crippen molar-refractivity contribution in [1.29, 1.82) is 0 Å². The molecule has 28 heavy (non-hydrogen) atoms. The third kappa shape index (κ3) is 3.18. The van der Waals surface area contributed by atoms with Gasteiger partial charge >= 0.3 is 0 Å². The third-order valence-electron chi connectivity index (χ3n) is 4.51. The van der Waals surface area contributed by atoms with Gasteiger partial charge in [0.15, 0.2) is 0 Å². The maximum atomic E-state index is 12.5. The lowest BCUT2D eigenvalue weighted by molar-refractivity contribution is -0.124. The number of hydrogen-bond acceptors (Lipinski definition) is 6. The average Bonchev–Trinajstić information content (AvgIpc) is 3.30. The molecule has 0 fully saturated rings. The van der Waals surface area contributed by atoms with Crippen molar-refractivity contribution in [2.24, 2.45) is 0 Å². The lowest BCUT2D eigenvalue weighted by Gasteiger charge is -2.21. The molecule has 140 valence electrons. The van der Waals surface area contributed by atoms with Gasteiger partial charge in [-0.15, -0.1) is 11.3 Å². The number of carbonyl (C=O) groups is 3. The second-order valence-corrected chi connectivity index (χ2v) is 7.16. The molecule has 3 aromatic rings. The minimum Gasteiger partial charge on any atom is -0.349 e. The summed E-state index contributed by atoms with van der Waals surface area (Å²) >= 11 is 1.47. The van der Waals surface area contributed by atoms with E-state index in [1.807, 2.05) is 17.5 Å². The van der Waals surface area contributed by atoms with Crippen LogP contribution in [-0.4, -0.2) is 38.6 Å². The van der Waals surface area contributed by atoms with Gasteiger partial charge < -0.3 is 5.32 Å². The van der Waals surface area contributed by atoms with Crippen molar-refractivity contribution in [1.82, 2.24) is 20.2 Å². The average molecular weight is 392 g/mol. The van der Waals surface area contributed by atoms with E-state index in [4.69, 9.17) is 0 Å². The Balaban J connectivity index is 1.42. The number of amides is 3. The number of nitrogens with zero attached hydrogens (tertiary/aromatic N) is 3. The normalized spacial score (nSPS) is 14.1. The molecule has 8 heteroatoms. The minimum atomic E-state index is -0.911. The number of hydrogen-bond donors (Lipinski definition) is 1. The van der Waals surface area contributed by atoms with Gasteiger partial charge in [-0.3, -0.25) is 24.3 Å². The molecule has 3 amide bonds. The highest BCUT2D eigenvalue weighted by Crippen LogP contribution is 2.25. The number of fused-ring (bicyclic) bond motifs is 1. The summed E-state index contributed by atoms with van der Waals surface area (Å²) in [6, 6.07) is 9.40. The zero-order valence-electron chi connectivity index (χ0n) is 15.0. The van der Waals surface area contributed by atoms with Crippen LogP contribution in [0.3, 0.4) is 0 Å². The van der Waals surface area contributed by atoms with E-state index in [0.29, 0.717) is 16.8 Å². The molecule has 4 rings (SSSR count). The fourth-order valence-corrected chi connectivity index (χ4v) is 3.84. The predicted molar refractivity (Wildman–Crippen MR) is 104 cm³/mol. The predicted octanol–water partition coefficient (Wildman–Crippen LogP) is 2.51. The van der Waals surface area contributed by atoms with Crippen LogP contribution in [0.5, 0.6) is 0 Å². The van der Waals surface area contributed by atoms with E-state index >= 15 is 0 Å². The van der Waals surface area contributed by atoms with Crippen LogP contribution < -0.4 is 5.32 Å². The van der Waals surface area contributed by atoms with Gasteiger partial charge in [-0.1, -0.05) is 12.1 Å².